The zero-order chi connectivity index (χ0) is 11.5. The highest BCUT2D eigenvalue weighted by Crippen LogP contribution is 2.25. The maximum absolute atomic E-state index is 10.2. The summed E-state index contributed by atoms with van der Waals surface area (Å²) in [5.41, 5.74) is 1.70. The van der Waals surface area contributed by atoms with Gasteiger partial charge in [0.05, 0.1) is 0 Å². The molecule has 0 radical (unpaired) electrons. The van der Waals surface area contributed by atoms with Crippen LogP contribution >= 0.6 is 34.2 Å². The molecule has 0 saturated heterocycles. The van der Waals surface area contributed by atoms with Gasteiger partial charge in [-0.15, -0.1) is 0 Å². The van der Waals surface area contributed by atoms with Gasteiger partial charge < -0.3 is 5.11 Å². The largest absolute Gasteiger partial charge is 0.384 e. The van der Waals surface area contributed by atoms with Crippen molar-refractivity contribution in [2.75, 3.05) is 0 Å². The average Bonchev–Trinajstić information content (AvgIpc) is 2.28. The summed E-state index contributed by atoms with van der Waals surface area (Å²) in [5, 5.41) is 10.8. The van der Waals surface area contributed by atoms with E-state index in [1.165, 1.54) is 0 Å². The summed E-state index contributed by atoms with van der Waals surface area (Å²) < 4.78 is 1.11. The molecule has 0 aliphatic rings. The highest BCUT2D eigenvalue weighted by Gasteiger charge is 2.10. The molecule has 2 aromatic rings. The molecule has 2 aromatic carbocycles. The first-order valence-corrected chi connectivity index (χ1v) is 6.31. The van der Waals surface area contributed by atoms with Crippen LogP contribution in [0.2, 0.25) is 5.02 Å². The van der Waals surface area contributed by atoms with E-state index in [1.54, 1.807) is 12.1 Å². The molecule has 0 heterocycles. The molecule has 0 spiro atoms. The van der Waals surface area contributed by atoms with Gasteiger partial charge in [-0.3, -0.25) is 0 Å². The number of hydrogen-bond acceptors (Lipinski definition) is 1. The summed E-state index contributed by atoms with van der Waals surface area (Å²) in [6, 6.07) is 15.1. The van der Waals surface area contributed by atoms with Crippen LogP contribution in [-0.4, -0.2) is 5.11 Å². The fourth-order valence-corrected chi connectivity index (χ4v) is 2.31. The van der Waals surface area contributed by atoms with Gasteiger partial charge in [0.25, 0.3) is 0 Å². The third-order valence-corrected chi connectivity index (χ3v) is 3.23. The van der Waals surface area contributed by atoms with Crippen molar-refractivity contribution in [2.45, 2.75) is 6.10 Å². The molecule has 0 fully saturated rings. The lowest BCUT2D eigenvalue weighted by atomic mass is 10.0. The average molecular weight is 345 g/mol. The van der Waals surface area contributed by atoms with Gasteiger partial charge in [-0.05, 0) is 58.0 Å². The van der Waals surface area contributed by atoms with Crippen molar-refractivity contribution in [3.63, 3.8) is 0 Å². The minimum Gasteiger partial charge on any atom is -0.384 e. The molecule has 0 saturated carbocycles. The standard InChI is InChI=1S/C13H10ClIO/c14-11-5-1-3-9(7-11)13(16)10-4-2-6-12(15)8-10/h1-8,13,16H. The summed E-state index contributed by atoms with van der Waals surface area (Å²) in [7, 11) is 0. The molecular weight excluding hydrogens is 334 g/mol. The Morgan fingerprint density at radius 2 is 1.62 bits per heavy atom. The summed E-state index contributed by atoms with van der Waals surface area (Å²) in [6.07, 6.45) is -0.617. The maximum atomic E-state index is 10.2. The molecule has 1 atom stereocenters. The lowest BCUT2D eigenvalue weighted by Crippen LogP contribution is -1.99. The van der Waals surface area contributed by atoms with E-state index in [2.05, 4.69) is 22.6 Å². The highest BCUT2D eigenvalue weighted by atomic mass is 127. The first-order chi connectivity index (χ1) is 7.66. The van der Waals surface area contributed by atoms with E-state index in [9.17, 15) is 5.11 Å². The molecule has 0 aliphatic heterocycles. The van der Waals surface area contributed by atoms with Crippen LogP contribution in [0.3, 0.4) is 0 Å². The number of aliphatic hydroxyl groups is 1. The summed E-state index contributed by atoms with van der Waals surface area (Å²) >= 11 is 8.12. The Morgan fingerprint density at radius 3 is 2.25 bits per heavy atom. The van der Waals surface area contributed by atoms with Gasteiger partial charge in [0.15, 0.2) is 0 Å². The number of aliphatic hydroxyl groups excluding tert-OH is 1. The third-order valence-electron chi connectivity index (χ3n) is 2.33. The topological polar surface area (TPSA) is 20.2 Å². The Morgan fingerprint density at radius 1 is 1.00 bits per heavy atom. The highest BCUT2D eigenvalue weighted by molar-refractivity contribution is 14.1. The minimum atomic E-state index is -0.617. The molecule has 0 aromatic heterocycles. The fraction of sp³-hybridized carbons (Fsp3) is 0.0769. The second kappa shape index (κ2) is 5.17. The Labute approximate surface area is 113 Å². The Hall–Kier alpha value is -0.580. The van der Waals surface area contributed by atoms with Crippen molar-refractivity contribution in [1.29, 1.82) is 0 Å². The SMILES string of the molecule is OC(c1cccc(Cl)c1)c1cccc(I)c1. The van der Waals surface area contributed by atoms with Gasteiger partial charge in [0, 0.05) is 8.59 Å². The Bertz CT molecular complexity index is 453. The van der Waals surface area contributed by atoms with Crippen molar-refractivity contribution in [3.05, 3.63) is 68.3 Å². The van der Waals surface area contributed by atoms with Gasteiger partial charge in [0.2, 0.25) is 0 Å². The number of halogens is 2. The molecule has 1 unspecified atom stereocenters. The first-order valence-electron chi connectivity index (χ1n) is 4.86. The van der Waals surface area contributed by atoms with Gasteiger partial charge in [-0.2, -0.15) is 0 Å². The summed E-state index contributed by atoms with van der Waals surface area (Å²) in [4.78, 5) is 0. The first kappa shape index (κ1) is 11.9. The van der Waals surface area contributed by atoms with E-state index >= 15 is 0 Å². The Kier molecular flexibility index (Phi) is 3.84. The van der Waals surface area contributed by atoms with E-state index in [4.69, 9.17) is 11.6 Å². The van der Waals surface area contributed by atoms with Crippen LogP contribution < -0.4 is 0 Å². The zero-order valence-corrected chi connectivity index (χ0v) is 11.3. The van der Waals surface area contributed by atoms with Crippen LogP contribution in [0.25, 0.3) is 0 Å². The van der Waals surface area contributed by atoms with Crippen LogP contribution in [0.15, 0.2) is 48.5 Å². The van der Waals surface area contributed by atoms with Crippen molar-refractivity contribution in [1.82, 2.24) is 0 Å². The maximum Gasteiger partial charge on any atom is 0.104 e. The Balaban J connectivity index is 2.35. The van der Waals surface area contributed by atoms with Gasteiger partial charge in [0.1, 0.15) is 6.10 Å². The zero-order valence-electron chi connectivity index (χ0n) is 8.40. The van der Waals surface area contributed by atoms with Crippen molar-refractivity contribution >= 4 is 34.2 Å². The molecule has 1 nitrogen and oxygen atoms in total. The lowest BCUT2D eigenvalue weighted by molar-refractivity contribution is 0.220. The lowest BCUT2D eigenvalue weighted by Gasteiger charge is -2.11. The monoisotopic (exact) mass is 344 g/mol. The second-order valence-corrected chi connectivity index (χ2v) is 5.19. The molecule has 3 heteroatoms. The molecule has 1 N–H and O–H groups in total. The van der Waals surface area contributed by atoms with Crippen LogP contribution in [-0.2, 0) is 0 Å². The van der Waals surface area contributed by atoms with E-state index in [0.717, 1.165) is 14.7 Å². The van der Waals surface area contributed by atoms with Gasteiger partial charge in [-0.25, -0.2) is 0 Å². The van der Waals surface area contributed by atoms with Crippen LogP contribution in [0.4, 0.5) is 0 Å². The summed E-state index contributed by atoms with van der Waals surface area (Å²) in [6.45, 7) is 0. The summed E-state index contributed by atoms with van der Waals surface area (Å²) in [5.74, 6) is 0. The molecule has 82 valence electrons. The van der Waals surface area contributed by atoms with Gasteiger partial charge in [-0.1, -0.05) is 35.9 Å². The fourth-order valence-electron chi connectivity index (χ4n) is 1.55. The van der Waals surface area contributed by atoms with Gasteiger partial charge >= 0.3 is 0 Å². The predicted octanol–water partition coefficient (Wildman–Crippen LogP) is 4.03. The molecule has 16 heavy (non-hydrogen) atoms. The van der Waals surface area contributed by atoms with E-state index < -0.39 is 6.10 Å². The normalized spacial score (nSPS) is 12.4. The van der Waals surface area contributed by atoms with Crippen molar-refractivity contribution in [2.24, 2.45) is 0 Å². The molecular formula is C13H10ClIO. The molecule has 0 aliphatic carbocycles. The minimum absolute atomic E-state index is 0.617. The molecule has 0 bridgehead atoms. The van der Waals surface area contributed by atoms with Crippen molar-refractivity contribution < 1.29 is 5.11 Å². The smallest absolute Gasteiger partial charge is 0.104 e. The van der Waals surface area contributed by atoms with Crippen LogP contribution in [0.1, 0.15) is 17.2 Å². The molecule has 0 amide bonds. The second-order valence-electron chi connectivity index (χ2n) is 3.51. The van der Waals surface area contributed by atoms with E-state index in [0.29, 0.717) is 5.02 Å². The number of rotatable bonds is 2. The quantitative estimate of drug-likeness (QED) is 0.816. The third kappa shape index (κ3) is 2.75. The van der Waals surface area contributed by atoms with Crippen LogP contribution in [0, 0.1) is 3.57 Å². The van der Waals surface area contributed by atoms with Crippen LogP contribution in [0.5, 0.6) is 0 Å². The predicted molar refractivity (Wildman–Crippen MR) is 74.7 cm³/mol. The van der Waals surface area contributed by atoms with E-state index in [1.807, 2.05) is 36.4 Å². The van der Waals surface area contributed by atoms with E-state index in [-0.39, 0.29) is 0 Å². The number of hydrogen-bond donors (Lipinski definition) is 1. The number of benzene rings is 2. The molecule has 2 rings (SSSR count). The van der Waals surface area contributed by atoms with Crippen molar-refractivity contribution in [3.8, 4) is 0 Å².